The molecule has 23 heavy (non-hydrogen) atoms. The third-order valence-corrected chi connectivity index (χ3v) is 3.62. The maximum absolute atomic E-state index is 5.93. The molecule has 3 rings (SSSR count). The van der Waals surface area contributed by atoms with E-state index in [0.717, 1.165) is 11.1 Å². The molecular weight excluding hydrogens is 331 g/mol. The fourth-order valence-electron chi connectivity index (χ4n) is 2.26. The number of aromatic nitrogens is 3. The zero-order valence-electron chi connectivity index (χ0n) is 12.2. The maximum atomic E-state index is 5.93. The van der Waals surface area contributed by atoms with Crippen molar-refractivity contribution < 1.29 is 0 Å². The Morgan fingerprint density at radius 1 is 0.652 bits per heavy atom. The Labute approximate surface area is 144 Å². The van der Waals surface area contributed by atoms with Gasteiger partial charge in [0.15, 0.2) is 0 Å². The van der Waals surface area contributed by atoms with Crippen LogP contribution in [-0.2, 0) is 13.1 Å². The summed E-state index contributed by atoms with van der Waals surface area (Å²) in [5.41, 5.74) is 2.30. The highest BCUT2D eigenvalue weighted by atomic mass is 35.5. The number of hydrogen-bond donors (Lipinski definition) is 0. The van der Waals surface area contributed by atoms with Crippen molar-refractivity contribution in [3.8, 4) is 0 Å². The molecule has 0 radical (unpaired) electrons. The van der Waals surface area contributed by atoms with Crippen molar-refractivity contribution >= 4 is 29.2 Å². The summed E-state index contributed by atoms with van der Waals surface area (Å²) in [6, 6.07) is 20.2. The summed E-state index contributed by atoms with van der Waals surface area (Å²) in [6.45, 7) is 1.29. The SMILES string of the molecule is Clc1nc(Cl)nc(N(Cc2ccccc2)Cc2ccccc2)n1. The quantitative estimate of drug-likeness (QED) is 0.688. The van der Waals surface area contributed by atoms with Crippen molar-refractivity contribution in [3.63, 3.8) is 0 Å². The van der Waals surface area contributed by atoms with Gasteiger partial charge in [-0.2, -0.15) is 15.0 Å². The van der Waals surface area contributed by atoms with Crippen molar-refractivity contribution in [2.75, 3.05) is 4.90 Å². The molecule has 0 saturated heterocycles. The lowest BCUT2D eigenvalue weighted by atomic mass is 10.2. The molecule has 1 heterocycles. The first-order valence-corrected chi connectivity index (χ1v) is 7.86. The summed E-state index contributed by atoms with van der Waals surface area (Å²) in [6.07, 6.45) is 0. The minimum Gasteiger partial charge on any atom is -0.332 e. The molecule has 4 nitrogen and oxygen atoms in total. The van der Waals surface area contributed by atoms with Gasteiger partial charge in [0, 0.05) is 13.1 Å². The molecule has 0 unspecified atom stereocenters. The summed E-state index contributed by atoms with van der Waals surface area (Å²) in [5, 5.41) is 0.178. The second kappa shape index (κ2) is 7.40. The second-order valence-electron chi connectivity index (χ2n) is 5.00. The van der Waals surface area contributed by atoms with Crippen LogP contribution in [0.2, 0.25) is 10.6 Å². The first kappa shape index (κ1) is 15.7. The smallest absolute Gasteiger partial charge is 0.231 e. The second-order valence-corrected chi connectivity index (χ2v) is 5.68. The molecule has 0 aliphatic heterocycles. The Balaban J connectivity index is 1.92. The summed E-state index contributed by atoms with van der Waals surface area (Å²) in [4.78, 5) is 14.3. The average Bonchev–Trinajstić information content (AvgIpc) is 2.55. The van der Waals surface area contributed by atoms with Gasteiger partial charge in [-0.25, -0.2) is 0 Å². The van der Waals surface area contributed by atoms with Crippen molar-refractivity contribution in [2.24, 2.45) is 0 Å². The van der Waals surface area contributed by atoms with Crippen LogP contribution in [0.15, 0.2) is 60.7 Å². The van der Waals surface area contributed by atoms with Crippen LogP contribution in [-0.4, -0.2) is 15.0 Å². The molecular formula is C17H14Cl2N4. The van der Waals surface area contributed by atoms with E-state index in [1.54, 1.807) is 0 Å². The zero-order chi connectivity index (χ0) is 16.1. The zero-order valence-corrected chi connectivity index (χ0v) is 13.7. The molecule has 0 aliphatic rings. The molecule has 0 aliphatic carbocycles. The summed E-state index contributed by atoms with van der Waals surface area (Å²) >= 11 is 11.9. The highest BCUT2D eigenvalue weighted by Crippen LogP contribution is 2.19. The third-order valence-electron chi connectivity index (χ3n) is 3.28. The van der Waals surface area contributed by atoms with Gasteiger partial charge in [-0.1, -0.05) is 60.7 Å². The number of hydrogen-bond acceptors (Lipinski definition) is 4. The van der Waals surface area contributed by atoms with E-state index >= 15 is 0 Å². The van der Waals surface area contributed by atoms with Crippen molar-refractivity contribution in [2.45, 2.75) is 13.1 Å². The van der Waals surface area contributed by atoms with Gasteiger partial charge in [0.05, 0.1) is 0 Å². The lowest BCUT2D eigenvalue weighted by Gasteiger charge is -2.23. The Kier molecular flexibility index (Phi) is 5.05. The van der Waals surface area contributed by atoms with E-state index in [-0.39, 0.29) is 10.6 Å². The lowest BCUT2D eigenvalue weighted by molar-refractivity contribution is 0.757. The molecule has 1 aromatic heterocycles. The van der Waals surface area contributed by atoms with Crippen LogP contribution < -0.4 is 4.90 Å². The highest BCUT2D eigenvalue weighted by Gasteiger charge is 2.14. The summed E-state index contributed by atoms with van der Waals surface area (Å²) in [7, 11) is 0. The van der Waals surface area contributed by atoms with E-state index in [0.29, 0.717) is 19.0 Å². The van der Waals surface area contributed by atoms with E-state index in [4.69, 9.17) is 23.2 Å². The molecule has 0 fully saturated rings. The van der Waals surface area contributed by atoms with E-state index in [9.17, 15) is 0 Å². The molecule has 0 atom stereocenters. The van der Waals surface area contributed by atoms with E-state index < -0.39 is 0 Å². The average molecular weight is 345 g/mol. The van der Waals surface area contributed by atoms with Crippen molar-refractivity contribution in [3.05, 3.63) is 82.4 Å². The number of halogens is 2. The first-order valence-electron chi connectivity index (χ1n) is 7.10. The van der Waals surface area contributed by atoms with Gasteiger partial charge in [0.1, 0.15) is 0 Å². The Hall–Kier alpha value is -2.17. The lowest BCUT2D eigenvalue weighted by Crippen LogP contribution is -2.24. The number of anilines is 1. The maximum Gasteiger partial charge on any atom is 0.231 e. The molecule has 3 aromatic rings. The van der Waals surface area contributed by atoms with Gasteiger partial charge >= 0.3 is 0 Å². The fraction of sp³-hybridized carbons (Fsp3) is 0.118. The molecule has 2 aromatic carbocycles. The van der Waals surface area contributed by atoms with Crippen LogP contribution in [0.4, 0.5) is 5.95 Å². The normalized spacial score (nSPS) is 10.5. The molecule has 0 spiro atoms. The van der Waals surface area contributed by atoms with E-state index in [1.165, 1.54) is 0 Å². The molecule has 0 N–H and O–H groups in total. The summed E-state index contributed by atoms with van der Waals surface area (Å²) in [5.74, 6) is 0.461. The van der Waals surface area contributed by atoms with Crippen LogP contribution in [0, 0.1) is 0 Å². The van der Waals surface area contributed by atoms with E-state index in [2.05, 4.69) is 39.2 Å². The monoisotopic (exact) mass is 344 g/mol. The summed E-state index contributed by atoms with van der Waals surface area (Å²) < 4.78 is 0. The Morgan fingerprint density at radius 2 is 1.09 bits per heavy atom. The molecule has 0 amide bonds. The van der Waals surface area contributed by atoms with Gasteiger partial charge in [-0.05, 0) is 34.3 Å². The first-order chi connectivity index (χ1) is 11.2. The largest absolute Gasteiger partial charge is 0.332 e. The number of benzene rings is 2. The van der Waals surface area contributed by atoms with Crippen LogP contribution in [0.25, 0.3) is 0 Å². The predicted octanol–water partition coefficient (Wildman–Crippen LogP) is 4.39. The van der Waals surface area contributed by atoms with Gasteiger partial charge in [-0.3, -0.25) is 0 Å². The van der Waals surface area contributed by atoms with Gasteiger partial charge < -0.3 is 4.90 Å². The van der Waals surface area contributed by atoms with E-state index in [1.807, 2.05) is 41.3 Å². The molecule has 6 heteroatoms. The standard InChI is InChI=1S/C17H14Cl2N4/c18-15-20-16(19)22-17(21-15)23(11-13-7-3-1-4-8-13)12-14-9-5-2-6-10-14/h1-10H,11-12H2. The number of nitrogens with zero attached hydrogens (tertiary/aromatic N) is 4. The minimum absolute atomic E-state index is 0.0890. The predicted molar refractivity (Wildman–Crippen MR) is 92.6 cm³/mol. The fourth-order valence-corrected chi connectivity index (χ4v) is 2.62. The topological polar surface area (TPSA) is 41.9 Å². The van der Waals surface area contributed by atoms with Crippen LogP contribution >= 0.6 is 23.2 Å². The Morgan fingerprint density at radius 3 is 1.52 bits per heavy atom. The minimum atomic E-state index is 0.0890. The van der Waals surface area contributed by atoms with Crippen molar-refractivity contribution in [1.82, 2.24) is 15.0 Å². The van der Waals surface area contributed by atoms with Crippen LogP contribution in [0.1, 0.15) is 11.1 Å². The molecule has 0 saturated carbocycles. The number of rotatable bonds is 5. The van der Waals surface area contributed by atoms with Gasteiger partial charge in [-0.15, -0.1) is 0 Å². The molecule has 0 bridgehead atoms. The highest BCUT2D eigenvalue weighted by molar-refractivity contribution is 6.31. The van der Waals surface area contributed by atoms with Crippen molar-refractivity contribution in [1.29, 1.82) is 0 Å². The van der Waals surface area contributed by atoms with Crippen LogP contribution in [0.5, 0.6) is 0 Å². The third kappa shape index (κ3) is 4.41. The molecule has 116 valence electrons. The van der Waals surface area contributed by atoms with Crippen LogP contribution in [0.3, 0.4) is 0 Å². The van der Waals surface area contributed by atoms with Gasteiger partial charge in [0.25, 0.3) is 0 Å². The Bertz CT molecular complexity index is 704. The van der Waals surface area contributed by atoms with Gasteiger partial charge in [0.2, 0.25) is 16.5 Å².